The predicted octanol–water partition coefficient (Wildman–Crippen LogP) is 4.01. The zero-order valence-corrected chi connectivity index (χ0v) is 26.6. The van der Waals surface area contributed by atoms with E-state index in [4.69, 9.17) is 24.2 Å². The van der Waals surface area contributed by atoms with Gasteiger partial charge in [0.15, 0.2) is 28.7 Å². The molecule has 1 unspecified atom stereocenters. The summed E-state index contributed by atoms with van der Waals surface area (Å²) in [4.78, 5) is 22.6. The van der Waals surface area contributed by atoms with Crippen molar-refractivity contribution in [3.63, 3.8) is 0 Å². The van der Waals surface area contributed by atoms with Crippen LogP contribution in [0.4, 0.5) is 28.8 Å². The number of nitrogens with zero attached hydrogens (tertiary/aromatic N) is 11. The number of hydrogen-bond donors (Lipinski definition) is 2. The third-order valence-corrected chi connectivity index (χ3v) is 8.40. The molecule has 0 bridgehead atoms. The fourth-order valence-electron chi connectivity index (χ4n) is 6.17. The van der Waals surface area contributed by atoms with Gasteiger partial charge in [-0.2, -0.15) is 10.1 Å². The van der Waals surface area contributed by atoms with Crippen molar-refractivity contribution in [3.8, 4) is 23.2 Å². The molecule has 2 atom stereocenters. The van der Waals surface area contributed by atoms with Gasteiger partial charge in [-0.15, -0.1) is 10.2 Å². The highest BCUT2D eigenvalue weighted by molar-refractivity contribution is 5.92. The number of imidazole rings is 1. The molecule has 0 amide bonds. The van der Waals surface area contributed by atoms with Gasteiger partial charge in [-0.25, -0.2) is 19.9 Å². The van der Waals surface area contributed by atoms with Gasteiger partial charge in [0, 0.05) is 32.9 Å². The van der Waals surface area contributed by atoms with Crippen LogP contribution in [0.2, 0.25) is 0 Å². The van der Waals surface area contributed by atoms with Crippen LogP contribution in [0.5, 0.6) is 5.75 Å². The van der Waals surface area contributed by atoms with Gasteiger partial charge < -0.3 is 29.7 Å². The monoisotopic (exact) mass is 637 g/mol. The summed E-state index contributed by atoms with van der Waals surface area (Å²) in [6.45, 7) is 4.03. The largest absolute Gasteiger partial charge is 0.494 e. The van der Waals surface area contributed by atoms with Crippen molar-refractivity contribution >= 4 is 40.0 Å². The molecule has 6 heterocycles. The maximum absolute atomic E-state index is 9.97. The Morgan fingerprint density at radius 2 is 1.96 bits per heavy atom. The summed E-state index contributed by atoms with van der Waals surface area (Å²) in [7, 11) is 5.00. The molecule has 0 spiro atoms. The van der Waals surface area contributed by atoms with Gasteiger partial charge in [-0.05, 0) is 50.0 Å². The van der Waals surface area contributed by atoms with Crippen LogP contribution >= 0.6 is 0 Å². The van der Waals surface area contributed by atoms with E-state index in [0.717, 1.165) is 38.1 Å². The van der Waals surface area contributed by atoms with Gasteiger partial charge in [-0.3, -0.25) is 4.57 Å². The van der Waals surface area contributed by atoms with Gasteiger partial charge in [-0.1, -0.05) is 6.07 Å². The number of aromatic nitrogens is 9. The van der Waals surface area contributed by atoms with Gasteiger partial charge in [0.25, 0.3) is 0 Å². The van der Waals surface area contributed by atoms with Crippen molar-refractivity contribution in [1.29, 1.82) is 5.26 Å². The van der Waals surface area contributed by atoms with Crippen molar-refractivity contribution in [2.45, 2.75) is 44.9 Å². The first-order chi connectivity index (χ1) is 22.9. The zero-order chi connectivity index (χ0) is 32.5. The quantitative estimate of drug-likeness (QED) is 0.237. The molecule has 16 heteroatoms. The zero-order valence-electron chi connectivity index (χ0n) is 26.6. The van der Waals surface area contributed by atoms with Crippen molar-refractivity contribution in [2.24, 2.45) is 7.05 Å². The highest BCUT2D eigenvalue weighted by atomic mass is 16.5. The van der Waals surface area contributed by atoms with E-state index in [1.54, 1.807) is 27.5 Å². The Hall–Kier alpha value is -5.40. The average Bonchev–Trinajstić information content (AvgIpc) is 3.83. The van der Waals surface area contributed by atoms with E-state index in [0.29, 0.717) is 70.3 Å². The minimum atomic E-state index is -0.189. The van der Waals surface area contributed by atoms with Crippen LogP contribution in [0.25, 0.3) is 22.6 Å². The second-order valence-corrected chi connectivity index (χ2v) is 11.4. The number of methoxy groups -OCH3 is 2. The fraction of sp³-hybridized carbons (Fsp3) is 0.419. The number of nitrogens with one attached hydrogen (secondary N) is 2. The van der Waals surface area contributed by atoms with Gasteiger partial charge in [0.1, 0.15) is 29.5 Å². The molecule has 0 saturated carbocycles. The number of ether oxygens (including phenoxy) is 3. The van der Waals surface area contributed by atoms with Gasteiger partial charge in [0.05, 0.1) is 43.4 Å². The summed E-state index contributed by atoms with van der Waals surface area (Å²) >= 11 is 0. The molecule has 2 aliphatic heterocycles. The Labute approximate surface area is 270 Å². The number of aryl methyl sites for hydroxylation is 2. The second kappa shape index (κ2) is 12.8. The summed E-state index contributed by atoms with van der Waals surface area (Å²) in [5, 5.41) is 29.3. The highest BCUT2D eigenvalue weighted by Gasteiger charge is 2.27. The molecule has 0 aliphatic carbocycles. The minimum Gasteiger partial charge on any atom is -0.494 e. The number of hydrogen-bond acceptors (Lipinski definition) is 14. The maximum atomic E-state index is 9.97. The van der Waals surface area contributed by atoms with E-state index in [9.17, 15) is 5.26 Å². The smallest absolute Gasteiger partial charge is 0.208 e. The van der Waals surface area contributed by atoms with E-state index in [1.165, 1.54) is 4.80 Å². The summed E-state index contributed by atoms with van der Waals surface area (Å²) in [6, 6.07) is 9.72. The number of benzene rings is 1. The number of anilines is 5. The lowest BCUT2D eigenvalue weighted by atomic mass is 10.1. The van der Waals surface area contributed by atoms with E-state index in [-0.39, 0.29) is 18.0 Å². The van der Waals surface area contributed by atoms with E-state index < -0.39 is 0 Å². The van der Waals surface area contributed by atoms with Gasteiger partial charge in [0.2, 0.25) is 5.82 Å². The first-order valence-electron chi connectivity index (χ1n) is 15.5. The number of rotatable bonds is 9. The molecule has 242 valence electrons. The van der Waals surface area contributed by atoms with Crippen molar-refractivity contribution < 1.29 is 14.2 Å². The van der Waals surface area contributed by atoms with Crippen LogP contribution in [-0.4, -0.2) is 84.7 Å². The maximum Gasteiger partial charge on any atom is 0.208 e. The molecule has 2 saturated heterocycles. The van der Waals surface area contributed by atoms with Crippen LogP contribution in [0.15, 0.2) is 30.5 Å². The molecule has 0 radical (unpaired) electrons. The third kappa shape index (κ3) is 5.86. The Kier molecular flexibility index (Phi) is 8.23. The third-order valence-electron chi connectivity index (χ3n) is 8.40. The minimum absolute atomic E-state index is 0.0978. The topological polar surface area (TPSA) is 179 Å². The van der Waals surface area contributed by atoms with E-state index in [1.807, 2.05) is 40.7 Å². The molecule has 2 N–H and O–H groups in total. The van der Waals surface area contributed by atoms with Crippen LogP contribution < -0.4 is 20.3 Å². The Balaban J connectivity index is 1.29. The number of para-hydroxylation sites is 1. The molecule has 1 aromatic carbocycles. The Morgan fingerprint density at radius 3 is 2.68 bits per heavy atom. The Morgan fingerprint density at radius 1 is 1.06 bits per heavy atom. The Bertz CT molecular complexity index is 1960. The highest BCUT2D eigenvalue weighted by Crippen LogP contribution is 2.39. The number of tetrazole rings is 1. The lowest BCUT2D eigenvalue weighted by Gasteiger charge is -2.25. The first kappa shape index (κ1) is 30.3. The van der Waals surface area contributed by atoms with Crippen LogP contribution in [0.3, 0.4) is 0 Å². The molecular formula is C31H35N13O3. The second-order valence-electron chi connectivity index (χ2n) is 11.4. The summed E-state index contributed by atoms with van der Waals surface area (Å²) < 4.78 is 19.6. The molecule has 2 aliphatic rings. The molecule has 47 heavy (non-hydrogen) atoms. The SMILES string of the molecule is COc1c(Nc2cc(Nc3cnc(N4CC[C@@H](OC)C4)c(C#N)n3)nc3c2nc(C)n3C2CCCCO2)cccc1-c1nnn(C)n1. The fourth-order valence-corrected chi connectivity index (χ4v) is 6.17. The van der Waals surface area contributed by atoms with Crippen molar-refractivity contribution in [1.82, 2.24) is 44.7 Å². The number of nitriles is 1. The molecular weight excluding hydrogens is 602 g/mol. The molecule has 5 aromatic rings. The lowest BCUT2D eigenvalue weighted by molar-refractivity contribution is -0.0308. The van der Waals surface area contributed by atoms with Gasteiger partial charge >= 0.3 is 0 Å². The molecule has 16 nitrogen and oxygen atoms in total. The standard InChI is InChI=1S/C31H35N13O3/c1-18-34-27-22(35-21-9-7-8-20(28(21)46-4)29-39-41-42(2)40-29)14-24(38-31(27)44(18)26-10-5-6-13-47-26)37-25-16-33-30(23(15-32)36-25)43-12-11-19(17-43)45-3/h7-9,14,16,19,26H,5-6,10-13,17H2,1-4H3,(H2,35,36,37,38)/t19-,26?/m1/s1. The van der Waals surface area contributed by atoms with E-state index >= 15 is 0 Å². The normalized spacial score (nSPS) is 18.0. The van der Waals surface area contributed by atoms with E-state index in [2.05, 4.69) is 42.1 Å². The van der Waals surface area contributed by atoms with Crippen LogP contribution in [0, 0.1) is 18.3 Å². The summed E-state index contributed by atoms with van der Waals surface area (Å²) in [5.41, 5.74) is 3.55. The predicted molar refractivity (Wildman–Crippen MR) is 173 cm³/mol. The molecule has 2 fully saturated rings. The first-order valence-corrected chi connectivity index (χ1v) is 15.5. The van der Waals surface area contributed by atoms with Crippen molar-refractivity contribution in [3.05, 3.63) is 42.0 Å². The van der Waals surface area contributed by atoms with Crippen LogP contribution in [0.1, 0.15) is 43.4 Å². The lowest BCUT2D eigenvalue weighted by Crippen LogP contribution is -2.24. The van der Waals surface area contributed by atoms with Crippen LogP contribution in [-0.2, 0) is 16.5 Å². The molecule has 7 rings (SSSR count). The number of fused-ring (bicyclic) bond motifs is 1. The number of pyridine rings is 1. The molecule has 4 aromatic heterocycles. The average molecular weight is 638 g/mol. The summed E-state index contributed by atoms with van der Waals surface area (Å²) in [6.07, 6.45) is 5.31. The summed E-state index contributed by atoms with van der Waals surface area (Å²) in [5.74, 6) is 3.16. The van der Waals surface area contributed by atoms with Crippen molar-refractivity contribution in [2.75, 3.05) is 49.4 Å².